The van der Waals surface area contributed by atoms with Gasteiger partial charge in [-0.25, -0.2) is 8.78 Å². The van der Waals surface area contributed by atoms with E-state index in [9.17, 15) is 8.78 Å². The lowest BCUT2D eigenvalue weighted by Crippen LogP contribution is -2.10. The number of nitrogens with zero attached hydrogens (tertiary/aromatic N) is 1. The van der Waals surface area contributed by atoms with E-state index in [-0.39, 0.29) is 6.01 Å². The fourth-order valence-electron chi connectivity index (χ4n) is 1.14. The average Bonchev–Trinajstić information content (AvgIpc) is 2.56. The first kappa shape index (κ1) is 10.4. The Morgan fingerprint density at radius 3 is 3.00 bits per heavy atom. The van der Waals surface area contributed by atoms with Crippen molar-refractivity contribution in [3.63, 3.8) is 0 Å². The third kappa shape index (κ3) is 2.44. The molecule has 1 heterocycles. The lowest BCUT2D eigenvalue weighted by molar-refractivity contribution is 0.162. The third-order valence-electron chi connectivity index (χ3n) is 1.76. The maximum atomic E-state index is 11.9. The van der Waals surface area contributed by atoms with Gasteiger partial charge in [-0.2, -0.15) is 4.98 Å². The zero-order valence-electron chi connectivity index (χ0n) is 7.51. The smallest absolute Gasteiger partial charge is 0.295 e. The summed E-state index contributed by atoms with van der Waals surface area (Å²) < 4.78 is 29.9. The lowest BCUT2D eigenvalue weighted by atomic mass is 10.3. The van der Waals surface area contributed by atoms with Crippen LogP contribution in [0.15, 0.2) is 27.1 Å². The standard InChI is InChI=1S/C9H7BrF2N2O/c10-5-1-2-6-7(3-5)15-9(14-6)13-4-8(11)12/h1-3,8H,4H2,(H,13,14). The van der Waals surface area contributed by atoms with Crippen LogP contribution in [0, 0.1) is 0 Å². The topological polar surface area (TPSA) is 38.1 Å². The van der Waals surface area contributed by atoms with Gasteiger partial charge in [-0.3, -0.25) is 0 Å². The van der Waals surface area contributed by atoms with Gasteiger partial charge < -0.3 is 9.73 Å². The summed E-state index contributed by atoms with van der Waals surface area (Å²) in [4.78, 5) is 3.99. The fraction of sp³-hybridized carbons (Fsp3) is 0.222. The van der Waals surface area contributed by atoms with Crippen LogP contribution in [0.5, 0.6) is 0 Å². The molecule has 2 aromatic rings. The molecule has 0 unspecified atom stereocenters. The molecular weight excluding hydrogens is 270 g/mol. The van der Waals surface area contributed by atoms with Gasteiger partial charge in [0.1, 0.15) is 5.52 Å². The van der Waals surface area contributed by atoms with Crippen LogP contribution in [0.3, 0.4) is 0 Å². The van der Waals surface area contributed by atoms with Gasteiger partial charge in [0.2, 0.25) is 0 Å². The number of alkyl halides is 2. The van der Waals surface area contributed by atoms with E-state index in [0.717, 1.165) is 4.47 Å². The molecule has 0 saturated heterocycles. The molecule has 0 spiro atoms. The quantitative estimate of drug-likeness (QED) is 0.935. The summed E-state index contributed by atoms with van der Waals surface area (Å²) in [6, 6.07) is 5.40. The Balaban J connectivity index is 2.23. The Kier molecular flexibility index (Phi) is 2.86. The normalized spacial score (nSPS) is 11.2. The summed E-state index contributed by atoms with van der Waals surface area (Å²) in [7, 11) is 0. The van der Waals surface area contributed by atoms with E-state index in [4.69, 9.17) is 4.42 Å². The molecule has 15 heavy (non-hydrogen) atoms. The van der Waals surface area contributed by atoms with Crippen LogP contribution in [0.1, 0.15) is 0 Å². The molecule has 0 aliphatic carbocycles. The van der Waals surface area contributed by atoms with Crippen LogP contribution in [0.25, 0.3) is 11.1 Å². The van der Waals surface area contributed by atoms with Crippen LogP contribution in [0.4, 0.5) is 14.8 Å². The van der Waals surface area contributed by atoms with E-state index >= 15 is 0 Å². The summed E-state index contributed by atoms with van der Waals surface area (Å²) >= 11 is 3.28. The molecule has 0 aliphatic rings. The number of rotatable bonds is 3. The molecule has 2 rings (SSSR count). The maximum Gasteiger partial charge on any atom is 0.295 e. The van der Waals surface area contributed by atoms with Gasteiger partial charge in [-0.15, -0.1) is 0 Å². The molecule has 0 amide bonds. The van der Waals surface area contributed by atoms with Crippen LogP contribution in [-0.4, -0.2) is 18.0 Å². The minimum absolute atomic E-state index is 0.114. The van der Waals surface area contributed by atoms with E-state index in [1.54, 1.807) is 12.1 Å². The van der Waals surface area contributed by atoms with E-state index in [2.05, 4.69) is 26.2 Å². The van der Waals surface area contributed by atoms with Gasteiger partial charge in [0.15, 0.2) is 5.58 Å². The van der Waals surface area contributed by atoms with Crippen molar-refractivity contribution in [1.29, 1.82) is 0 Å². The van der Waals surface area contributed by atoms with Crippen molar-refractivity contribution in [2.45, 2.75) is 6.43 Å². The number of fused-ring (bicyclic) bond motifs is 1. The Morgan fingerprint density at radius 2 is 2.27 bits per heavy atom. The molecule has 80 valence electrons. The van der Waals surface area contributed by atoms with Crippen LogP contribution in [0.2, 0.25) is 0 Å². The number of anilines is 1. The minimum atomic E-state index is -2.42. The van der Waals surface area contributed by atoms with Gasteiger partial charge in [0.25, 0.3) is 12.4 Å². The van der Waals surface area contributed by atoms with Crippen molar-refractivity contribution in [1.82, 2.24) is 4.98 Å². The number of benzene rings is 1. The summed E-state index contributed by atoms with van der Waals surface area (Å²) in [5.41, 5.74) is 1.19. The summed E-state index contributed by atoms with van der Waals surface area (Å²) in [6.45, 7) is -0.464. The molecule has 6 heteroatoms. The Morgan fingerprint density at radius 1 is 1.47 bits per heavy atom. The van der Waals surface area contributed by atoms with Gasteiger partial charge in [0.05, 0.1) is 6.54 Å². The largest absolute Gasteiger partial charge is 0.424 e. The van der Waals surface area contributed by atoms with E-state index in [1.807, 2.05) is 6.07 Å². The molecule has 0 atom stereocenters. The molecule has 0 saturated carbocycles. The van der Waals surface area contributed by atoms with Crippen molar-refractivity contribution in [2.24, 2.45) is 0 Å². The molecule has 0 aliphatic heterocycles. The van der Waals surface area contributed by atoms with Gasteiger partial charge in [-0.05, 0) is 18.2 Å². The first-order valence-electron chi connectivity index (χ1n) is 4.23. The Hall–Kier alpha value is -1.17. The molecule has 0 radical (unpaired) electrons. The Bertz CT molecular complexity index is 472. The highest BCUT2D eigenvalue weighted by molar-refractivity contribution is 9.10. The predicted molar refractivity (Wildman–Crippen MR) is 56.2 cm³/mol. The van der Waals surface area contributed by atoms with Crippen LogP contribution in [-0.2, 0) is 0 Å². The molecule has 1 N–H and O–H groups in total. The van der Waals surface area contributed by atoms with E-state index in [0.29, 0.717) is 11.1 Å². The van der Waals surface area contributed by atoms with Gasteiger partial charge >= 0.3 is 0 Å². The van der Waals surface area contributed by atoms with Crippen molar-refractivity contribution in [3.8, 4) is 0 Å². The van der Waals surface area contributed by atoms with E-state index in [1.165, 1.54) is 0 Å². The second-order valence-corrected chi connectivity index (χ2v) is 3.82. The average molecular weight is 277 g/mol. The highest BCUT2D eigenvalue weighted by atomic mass is 79.9. The monoisotopic (exact) mass is 276 g/mol. The van der Waals surface area contributed by atoms with Crippen molar-refractivity contribution >= 4 is 33.0 Å². The molecule has 3 nitrogen and oxygen atoms in total. The molecular formula is C9H7BrF2N2O. The second kappa shape index (κ2) is 4.14. The first-order valence-corrected chi connectivity index (χ1v) is 5.02. The number of hydrogen-bond acceptors (Lipinski definition) is 3. The highest BCUT2D eigenvalue weighted by Gasteiger charge is 2.08. The number of hydrogen-bond donors (Lipinski definition) is 1. The third-order valence-corrected chi connectivity index (χ3v) is 2.25. The molecule has 0 bridgehead atoms. The number of oxazole rings is 1. The summed E-state index contributed by atoms with van der Waals surface area (Å²) in [5.74, 6) is 0. The van der Waals surface area contributed by atoms with Gasteiger partial charge in [-0.1, -0.05) is 15.9 Å². The maximum absolute atomic E-state index is 11.9. The second-order valence-electron chi connectivity index (χ2n) is 2.90. The molecule has 0 fully saturated rings. The number of aromatic nitrogens is 1. The molecule has 1 aromatic heterocycles. The summed E-state index contributed by atoms with van der Waals surface area (Å²) in [6.07, 6.45) is -2.42. The number of halogens is 3. The van der Waals surface area contributed by atoms with Crippen LogP contribution >= 0.6 is 15.9 Å². The summed E-state index contributed by atoms with van der Waals surface area (Å²) in [5, 5.41) is 2.41. The van der Waals surface area contributed by atoms with Crippen molar-refractivity contribution in [2.75, 3.05) is 11.9 Å². The highest BCUT2D eigenvalue weighted by Crippen LogP contribution is 2.22. The van der Waals surface area contributed by atoms with Gasteiger partial charge in [0, 0.05) is 4.47 Å². The zero-order valence-corrected chi connectivity index (χ0v) is 9.09. The first-order chi connectivity index (χ1) is 7.15. The van der Waals surface area contributed by atoms with Crippen LogP contribution < -0.4 is 5.32 Å². The van der Waals surface area contributed by atoms with Crippen molar-refractivity contribution < 1.29 is 13.2 Å². The Labute approximate surface area is 92.6 Å². The minimum Gasteiger partial charge on any atom is -0.424 e. The fourth-order valence-corrected chi connectivity index (χ4v) is 1.48. The number of nitrogens with one attached hydrogen (secondary N) is 1. The predicted octanol–water partition coefficient (Wildman–Crippen LogP) is 3.27. The lowest BCUT2D eigenvalue weighted by Gasteiger charge is -1.97. The SMILES string of the molecule is FC(F)CNc1nc2ccc(Br)cc2o1. The van der Waals surface area contributed by atoms with E-state index < -0.39 is 13.0 Å². The molecule has 1 aromatic carbocycles. The zero-order chi connectivity index (χ0) is 10.8. The van der Waals surface area contributed by atoms with Crippen molar-refractivity contribution in [3.05, 3.63) is 22.7 Å².